The van der Waals surface area contributed by atoms with Gasteiger partial charge in [-0.1, -0.05) is 24.4 Å². The Morgan fingerprint density at radius 2 is 1.97 bits per heavy atom. The van der Waals surface area contributed by atoms with Crippen LogP contribution in [0.25, 0.3) is 22.0 Å². The van der Waals surface area contributed by atoms with Gasteiger partial charge in [0, 0.05) is 47.1 Å². The number of nitrogens with one attached hydrogen (secondary N) is 2. The molecule has 8 heteroatoms. The standard InChI is InChI=1S/C21H19ClF2N4O/c1-11-14(6-13-10-26-20(22)9-18(13)27-11)15-7-19(17(24)8-16(15)23)28-21(29)25-5-4-12-2-3-12/h6-10,12H,2-5H2,1H3,(H2,25,28,29). The average Bonchev–Trinajstić information content (AvgIpc) is 3.48. The van der Waals surface area contributed by atoms with E-state index in [2.05, 4.69) is 20.6 Å². The number of aryl methyl sites for hydroxylation is 1. The monoisotopic (exact) mass is 416 g/mol. The molecule has 1 fully saturated rings. The number of nitrogens with zero attached hydrogens (tertiary/aromatic N) is 2. The topological polar surface area (TPSA) is 66.9 Å². The lowest BCUT2D eigenvalue weighted by Crippen LogP contribution is -2.30. The SMILES string of the molecule is Cc1nc2cc(Cl)ncc2cc1-c1cc(NC(=O)NCCC2CC2)c(F)cc1F. The first-order valence-corrected chi connectivity index (χ1v) is 9.75. The van der Waals surface area contributed by atoms with Crippen molar-refractivity contribution in [1.29, 1.82) is 0 Å². The number of hydrogen-bond donors (Lipinski definition) is 2. The zero-order chi connectivity index (χ0) is 20.5. The van der Waals surface area contributed by atoms with Crippen molar-refractivity contribution in [2.75, 3.05) is 11.9 Å². The lowest BCUT2D eigenvalue weighted by molar-refractivity contribution is 0.251. The van der Waals surface area contributed by atoms with Crippen LogP contribution in [0.4, 0.5) is 19.3 Å². The Bertz CT molecular complexity index is 1100. The van der Waals surface area contributed by atoms with E-state index in [1.54, 1.807) is 25.3 Å². The molecule has 2 amide bonds. The van der Waals surface area contributed by atoms with Crippen molar-refractivity contribution in [3.05, 3.63) is 52.9 Å². The maximum atomic E-state index is 14.6. The molecular weight excluding hydrogens is 398 g/mol. The molecule has 0 aliphatic heterocycles. The highest BCUT2D eigenvalue weighted by Gasteiger charge is 2.21. The van der Waals surface area contributed by atoms with Gasteiger partial charge in [-0.25, -0.2) is 18.6 Å². The summed E-state index contributed by atoms with van der Waals surface area (Å²) in [6, 6.07) is 4.86. The van der Waals surface area contributed by atoms with Crippen LogP contribution < -0.4 is 10.6 Å². The molecule has 29 heavy (non-hydrogen) atoms. The number of benzene rings is 1. The molecule has 3 aromatic rings. The molecule has 0 atom stereocenters. The summed E-state index contributed by atoms with van der Waals surface area (Å²) < 4.78 is 28.8. The largest absolute Gasteiger partial charge is 0.338 e. The zero-order valence-corrected chi connectivity index (χ0v) is 16.5. The predicted molar refractivity (Wildman–Crippen MR) is 109 cm³/mol. The van der Waals surface area contributed by atoms with Gasteiger partial charge in [-0.3, -0.25) is 4.98 Å². The van der Waals surface area contributed by atoms with Crippen LogP contribution in [0.1, 0.15) is 25.0 Å². The van der Waals surface area contributed by atoms with E-state index in [4.69, 9.17) is 11.6 Å². The smallest absolute Gasteiger partial charge is 0.319 e. The number of amides is 2. The fourth-order valence-electron chi connectivity index (χ4n) is 3.23. The summed E-state index contributed by atoms with van der Waals surface area (Å²) in [7, 11) is 0. The lowest BCUT2D eigenvalue weighted by Gasteiger charge is -2.13. The average molecular weight is 417 g/mol. The van der Waals surface area contributed by atoms with E-state index in [0.29, 0.717) is 39.8 Å². The van der Waals surface area contributed by atoms with Gasteiger partial charge in [-0.05, 0) is 31.4 Å². The summed E-state index contributed by atoms with van der Waals surface area (Å²) in [5, 5.41) is 6.15. The molecule has 0 radical (unpaired) electrons. The molecule has 2 N–H and O–H groups in total. The maximum absolute atomic E-state index is 14.6. The minimum atomic E-state index is -0.844. The molecule has 0 unspecified atom stereocenters. The number of halogens is 3. The van der Waals surface area contributed by atoms with Gasteiger partial charge in [0.05, 0.1) is 11.2 Å². The number of carbonyl (C=O) groups is 1. The number of carbonyl (C=O) groups excluding carboxylic acids is 1. The third-order valence-corrected chi connectivity index (χ3v) is 5.19. The number of anilines is 1. The molecule has 0 bridgehead atoms. The van der Waals surface area contributed by atoms with Gasteiger partial charge in [0.25, 0.3) is 0 Å². The number of pyridine rings is 2. The van der Waals surface area contributed by atoms with E-state index in [1.807, 2.05) is 0 Å². The van der Waals surface area contributed by atoms with Crippen LogP contribution in [0.15, 0.2) is 30.5 Å². The third kappa shape index (κ3) is 4.45. The molecule has 2 aromatic heterocycles. The van der Waals surface area contributed by atoms with E-state index < -0.39 is 17.7 Å². The molecule has 2 heterocycles. The number of urea groups is 1. The van der Waals surface area contributed by atoms with Gasteiger partial charge in [0.1, 0.15) is 16.8 Å². The first-order valence-electron chi connectivity index (χ1n) is 9.38. The van der Waals surface area contributed by atoms with Crippen LogP contribution in [0.5, 0.6) is 0 Å². The fourth-order valence-corrected chi connectivity index (χ4v) is 3.38. The summed E-state index contributed by atoms with van der Waals surface area (Å²) in [6.07, 6.45) is 4.84. The Balaban J connectivity index is 1.62. The fraction of sp³-hybridized carbons (Fsp3) is 0.286. The van der Waals surface area contributed by atoms with Crippen LogP contribution >= 0.6 is 11.6 Å². The number of rotatable bonds is 5. The second kappa shape index (κ2) is 7.91. The van der Waals surface area contributed by atoms with Crippen molar-refractivity contribution in [1.82, 2.24) is 15.3 Å². The first-order chi connectivity index (χ1) is 13.9. The Hall–Kier alpha value is -2.80. The molecule has 1 aliphatic carbocycles. The molecule has 1 saturated carbocycles. The van der Waals surface area contributed by atoms with Crippen molar-refractivity contribution < 1.29 is 13.6 Å². The normalized spacial score (nSPS) is 13.5. The van der Waals surface area contributed by atoms with Gasteiger partial charge in [-0.15, -0.1) is 0 Å². The van der Waals surface area contributed by atoms with Crippen LogP contribution in [0, 0.1) is 24.5 Å². The minimum Gasteiger partial charge on any atom is -0.338 e. The molecule has 0 spiro atoms. The molecule has 150 valence electrons. The van der Waals surface area contributed by atoms with Gasteiger partial charge in [0.15, 0.2) is 0 Å². The Morgan fingerprint density at radius 1 is 1.17 bits per heavy atom. The quantitative estimate of drug-likeness (QED) is 0.543. The molecule has 5 nitrogen and oxygen atoms in total. The molecule has 4 rings (SSSR count). The third-order valence-electron chi connectivity index (χ3n) is 4.99. The van der Waals surface area contributed by atoms with E-state index >= 15 is 0 Å². The van der Waals surface area contributed by atoms with Gasteiger partial charge >= 0.3 is 6.03 Å². The van der Waals surface area contributed by atoms with Crippen molar-refractivity contribution >= 4 is 34.2 Å². The maximum Gasteiger partial charge on any atom is 0.319 e. The summed E-state index contributed by atoms with van der Waals surface area (Å²) >= 11 is 5.90. The van der Waals surface area contributed by atoms with Crippen LogP contribution in [0.3, 0.4) is 0 Å². The highest BCUT2D eigenvalue weighted by molar-refractivity contribution is 6.30. The van der Waals surface area contributed by atoms with Crippen LogP contribution in [-0.2, 0) is 0 Å². The molecule has 1 aliphatic rings. The van der Waals surface area contributed by atoms with Crippen molar-refractivity contribution in [2.45, 2.75) is 26.2 Å². The number of fused-ring (bicyclic) bond motifs is 1. The highest BCUT2D eigenvalue weighted by atomic mass is 35.5. The van der Waals surface area contributed by atoms with Crippen molar-refractivity contribution in [3.8, 4) is 11.1 Å². The van der Waals surface area contributed by atoms with E-state index in [1.165, 1.54) is 18.9 Å². The summed E-state index contributed by atoms with van der Waals surface area (Å²) in [5.41, 5.74) is 1.70. The van der Waals surface area contributed by atoms with Crippen molar-refractivity contribution in [2.24, 2.45) is 5.92 Å². The second-order valence-electron chi connectivity index (χ2n) is 7.25. The summed E-state index contributed by atoms with van der Waals surface area (Å²) in [6.45, 7) is 2.25. The van der Waals surface area contributed by atoms with Crippen LogP contribution in [-0.4, -0.2) is 22.5 Å². The highest BCUT2D eigenvalue weighted by Crippen LogP contribution is 2.33. The Morgan fingerprint density at radius 3 is 2.72 bits per heavy atom. The van der Waals surface area contributed by atoms with Crippen molar-refractivity contribution in [3.63, 3.8) is 0 Å². The van der Waals surface area contributed by atoms with Gasteiger partial charge in [0.2, 0.25) is 0 Å². The summed E-state index contributed by atoms with van der Waals surface area (Å²) in [4.78, 5) is 20.5. The molecule has 0 saturated heterocycles. The van der Waals surface area contributed by atoms with E-state index in [-0.39, 0.29) is 11.3 Å². The lowest BCUT2D eigenvalue weighted by atomic mass is 10.0. The second-order valence-corrected chi connectivity index (χ2v) is 7.63. The van der Waals surface area contributed by atoms with E-state index in [0.717, 1.165) is 12.5 Å². The predicted octanol–water partition coefficient (Wildman–Crippen LogP) is 5.46. The number of aromatic nitrogens is 2. The van der Waals surface area contributed by atoms with Crippen LogP contribution in [0.2, 0.25) is 5.15 Å². The van der Waals surface area contributed by atoms with Gasteiger partial charge in [-0.2, -0.15) is 0 Å². The Labute approximate surface area is 171 Å². The van der Waals surface area contributed by atoms with E-state index in [9.17, 15) is 13.6 Å². The summed E-state index contributed by atoms with van der Waals surface area (Å²) in [5.74, 6) is -0.908. The Kier molecular flexibility index (Phi) is 5.32. The molecule has 1 aromatic carbocycles. The zero-order valence-electron chi connectivity index (χ0n) is 15.7. The minimum absolute atomic E-state index is 0.0981. The first kappa shape index (κ1) is 19.5. The molecular formula is C21H19ClF2N4O. The van der Waals surface area contributed by atoms with Gasteiger partial charge < -0.3 is 10.6 Å². The number of hydrogen-bond acceptors (Lipinski definition) is 3.